The van der Waals surface area contributed by atoms with Crippen molar-refractivity contribution >= 4 is 0 Å². The van der Waals surface area contributed by atoms with Crippen LogP contribution in [-0.4, -0.2) is 17.7 Å². The van der Waals surface area contributed by atoms with E-state index in [0.717, 1.165) is 18.5 Å². The molecule has 1 heterocycles. The van der Waals surface area contributed by atoms with Gasteiger partial charge < -0.3 is 10.4 Å². The van der Waals surface area contributed by atoms with E-state index >= 15 is 0 Å². The van der Waals surface area contributed by atoms with E-state index < -0.39 is 0 Å². The molecule has 1 aliphatic rings. The van der Waals surface area contributed by atoms with Crippen molar-refractivity contribution in [2.75, 3.05) is 6.54 Å². The SMILES string of the molecule is OC(CC1CCN1)c1ccccc1. The second-order valence-electron chi connectivity index (χ2n) is 3.60. The first-order valence-electron chi connectivity index (χ1n) is 4.82. The Morgan fingerprint density at radius 2 is 2.08 bits per heavy atom. The topological polar surface area (TPSA) is 32.3 Å². The highest BCUT2D eigenvalue weighted by atomic mass is 16.3. The Morgan fingerprint density at radius 1 is 1.38 bits per heavy atom. The fraction of sp³-hybridized carbons (Fsp3) is 0.455. The van der Waals surface area contributed by atoms with Gasteiger partial charge in [0.2, 0.25) is 0 Å². The molecular formula is C11H15NO. The van der Waals surface area contributed by atoms with Crippen LogP contribution in [0.1, 0.15) is 24.5 Å². The monoisotopic (exact) mass is 177 g/mol. The second-order valence-corrected chi connectivity index (χ2v) is 3.60. The molecule has 13 heavy (non-hydrogen) atoms. The van der Waals surface area contributed by atoms with Gasteiger partial charge in [0.05, 0.1) is 6.10 Å². The number of aliphatic hydroxyl groups is 1. The third kappa shape index (κ3) is 2.08. The van der Waals surface area contributed by atoms with Crippen LogP contribution < -0.4 is 5.32 Å². The molecule has 0 aromatic heterocycles. The zero-order valence-corrected chi connectivity index (χ0v) is 7.61. The molecular weight excluding hydrogens is 162 g/mol. The lowest BCUT2D eigenvalue weighted by Crippen LogP contribution is -2.43. The summed E-state index contributed by atoms with van der Waals surface area (Å²) in [5, 5.41) is 13.1. The summed E-state index contributed by atoms with van der Waals surface area (Å²) in [5.74, 6) is 0. The lowest BCUT2D eigenvalue weighted by Gasteiger charge is -2.29. The highest BCUT2D eigenvalue weighted by molar-refractivity contribution is 5.17. The Labute approximate surface area is 78.6 Å². The summed E-state index contributed by atoms with van der Waals surface area (Å²) in [7, 11) is 0. The number of hydrogen-bond acceptors (Lipinski definition) is 2. The first-order valence-corrected chi connectivity index (χ1v) is 4.82. The molecule has 0 amide bonds. The molecule has 0 bridgehead atoms. The molecule has 0 spiro atoms. The van der Waals surface area contributed by atoms with Crippen LogP contribution in [0, 0.1) is 0 Å². The van der Waals surface area contributed by atoms with Crippen LogP contribution in [-0.2, 0) is 0 Å². The summed E-state index contributed by atoms with van der Waals surface area (Å²) in [5.41, 5.74) is 1.02. The third-order valence-corrected chi connectivity index (χ3v) is 2.62. The average molecular weight is 177 g/mol. The van der Waals surface area contributed by atoms with Gasteiger partial charge in [-0.1, -0.05) is 30.3 Å². The van der Waals surface area contributed by atoms with Crippen molar-refractivity contribution in [3.05, 3.63) is 35.9 Å². The Morgan fingerprint density at radius 3 is 2.62 bits per heavy atom. The largest absolute Gasteiger partial charge is 0.388 e. The lowest BCUT2D eigenvalue weighted by molar-refractivity contribution is 0.136. The van der Waals surface area contributed by atoms with E-state index in [0.29, 0.717) is 6.04 Å². The van der Waals surface area contributed by atoms with Gasteiger partial charge in [0.1, 0.15) is 0 Å². The van der Waals surface area contributed by atoms with Gasteiger partial charge in [-0.15, -0.1) is 0 Å². The van der Waals surface area contributed by atoms with Crippen LogP contribution in [0.3, 0.4) is 0 Å². The Kier molecular flexibility index (Phi) is 2.62. The normalized spacial score (nSPS) is 23.6. The first-order chi connectivity index (χ1) is 6.36. The zero-order chi connectivity index (χ0) is 9.10. The van der Waals surface area contributed by atoms with Crippen LogP contribution in [0.15, 0.2) is 30.3 Å². The van der Waals surface area contributed by atoms with E-state index in [9.17, 15) is 5.11 Å². The van der Waals surface area contributed by atoms with E-state index in [1.807, 2.05) is 30.3 Å². The van der Waals surface area contributed by atoms with Crippen molar-refractivity contribution in [1.82, 2.24) is 5.32 Å². The van der Waals surface area contributed by atoms with Gasteiger partial charge in [-0.2, -0.15) is 0 Å². The molecule has 1 aromatic rings. The summed E-state index contributed by atoms with van der Waals surface area (Å²) >= 11 is 0. The molecule has 2 nitrogen and oxygen atoms in total. The van der Waals surface area contributed by atoms with E-state index in [2.05, 4.69) is 5.32 Å². The Bertz CT molecular complexity index is 256. The molecule has 2 unspecified atom stereocenters. The number of hydrogen-bond donors (Lipinski definition) is 2. The van der Waals surface area contributed by atoms with Crippen LogP contribution >= 0.6 is 0 Å². The van der Waals surface area contributed by atoms with Crippen LogP contribution in [0.25, 0.3) is 0 Å². The third-order valence-electron chi connectivity index (χ3n) is 2.62. The van der Waals surface area contributed by atoms with Crippen molar-refractivity contribution < 1.29 is 5.11 Å². The summed E-state index contributed by atoms with van der Waals surface area (Å²) < 4.78 is 0. The number of aliphatic hydroxyl groups excluding tert-OH is 1. The van der Waals surface area contributed by atoms with Crippen LogP contribution in [0.4, 0.5) is 0 Å². The predicted molar refractivity (Wildman–Crippen MR) is 52.4 cm³/mol. The van der Waals surface area contributed by atoms with Gasteiger partial charge in [0.25, 0.3) is 0 Å². The molecule has 0 saturated carbocycles. The molecule has 2 N–H and O–H groups in total. The van der Waals surface area contributed by atoms with Crippen molar-refractivity contribution in [1.29, 1.82) is 0 Å². The minimum absolute atomic E-state index is 0.306. The van der Waals surface area contributed by atoms with Crippen molar-refractivity contribution in [2.24, 2.45) is 0 Å². The Hall–Kier alpha value is -0.860. The van der Waals surface area contributed by atoms with Crippen molar-refractivity contribution in [3.8, 4) is 0 Å². The number of rotatable bonds is 3. The van der Waals surface area contributed by atoms with Crippen LogP contribution in [0.2, 0.25) is 0 Å². The summed E-state index contributed by atoms with van der Waals surface area (Å²) in [6.45, 7) is 1.10. The van der Waals surface area contributed by atoms with Gasteiger partial charge in [0.15, 0.2) is 0 Å². The van der Waals surface area contributed by atoms with Crippen molar-refractivity contribution in [3.63, 3.8) is 0 Å². The average Bonchev–Trinajstić information content (AvgIpc) is 2.12. The second kappa shape index (κ2) is 3.90. The standard InChI is InChI=1S/C11H15NO/c13-11(8-10-6-7-12-10)9-4-2-1-3-5-9/h1-5,10-13H,6-8H2. The number of benzene rings is 1. The molecule has 70 valence electrons. The predicted octanol–water partition coefficient (Wildman–Crippen LogP) is 1.47. The quantitative estimate of drug-likeness (QED) is 0.732. The van der Waals surface area contributed by atoms with Gasteiger partial charge in [-0.05, 0) is 24.9 Å². The van der Waals surface area contributed by atoms with Crippen molar-refractivity contribution in [2.45, 2.75) is 25.0 Å². The molecule has 1 fully saturated rings. The van der Waals surface area contributed by atoms with Gasteiger partial charge in [0, 0.05) is 6.04 Å². The Balaban J connectivity index is 1.92. The highest BCUT2D eigenvalue weighted by Gasteiger charge is 2.20. The molecule has 1 aliphatic heterocycles. The lowest BCUT2D eigenvalue weighted by atomic mass is 9.96. The molecule has 1 saturated heterocycles. The molecule has 2 heteroatoms. The fourth-order valence-electron chi connectivity index (χ4n) is 1.63. The molecule has 0 radical (unpaired) electrons. The smallest absolute Gasteiger partial charge is 0.0804 e. The van der Waals surface area contributed by atoms with Gasteiger partial charge in [-0.3, -0.25) is 0 Å². The summed E-state index contributed by atoms with van der Waals surface area (Å²) in [6, 6.07) is 10.4. The number of nitrogens with one attached hydrogen (secondary N) is 1. The van der Waals surface area contributed by atoms with Gasteiger partial charge >= 0.3 is 0 Å². The summed E-state index contributed by atoms with van der Waals surface area (Å²) in [6.07, 6.45) is 1.73. The van der Waals surface area contributed by atoms with E-state index in [1.165, 1.54) is 6.42 Å². The maximum absolute atomic E-state index is 9.82. The minimum atomic E-state index is -0.306. The van der Waals surface area contributed by atoms with Crippen LogP contribution in [0.5, 0.6) is 0 Å². The maximum atomic E-state index is 9.82. The minimum Gasteiger partial charge on any atom is -0.388 e. The summed E-state index contributed by atoms with van der Waals surface area (Å²) in [4.78, 5) is 0. The first kappa shape index (κ1) is 8.73. The molecule has 1 aromatic carbocycles. The fourth-order valence-corrected chi connectivity index (χ4v) is 1.63. The van der Waals surface area contributed by atoms with E-state index in [1.54, 1.807) is 0 Å². The van der Waals surface area contributed by atoms with Gasteiger partial charge in [-0.25, -0.2) is 0 Å². The molecule has 2 rings (SSSR count). The van der Waals surface area contributed by atoms with E-state index in [-0.39, 0.29) is 6.10 Å². The molecule has 2 atom stereocenters. The van der Waals surface area contributed by atoms with E-state index in [4.69, 9.17) is 0 Å². The maximum Gasteiger partial charge on any atom is 0.0804 e. The highest BCUT2D eigenvalue weighted by Crippen LogP contribution is 2.21. The molecule has 0 aliphatic carbocycles. The zero-order valence-electron chi connectivity index (χ0n) is 7.61.